The molecule has 3 aromatic carbocycles. The first-order valence-corrected chi connectivity index (χ1v) is 16.1. The highest BCUT2D eigenvalue weighted by molar-refractivity contribution is 7.92. The van der Waals surface area contributed by atoms with Gasteiger partial charge in [0, 0.05) is 17.1 Å². The van der Waals surface area contributed by atoms with Gasteiger partial charge in [0.05, 0.1) is 25.7 Å². The Kier molecular flexibility index (Phi) is 11.2. The molecule has 0 aliphatic heterocycles. The molecule has 3 rings (SSSR count). The normalized spacial score (nSPS) is 12.5. The summed E-state index contributed by atoms with van der Waals surface area (Å²) in [7, 11) is -4.30. The van der Waals surface area contributed by atoms with Crippen LogP contribution in [0.5, 0.6) is 0 Å². The summed E-state index contributed by atoms with van der Waals surface area (Å²) in [5, 5.41) is 3.85. The Bertz CT molecular complexity index is 1560. The molecule has 0 aromatic heterocycles. The van der Waals surface area contributed by atoms with Crippen LogP contribution >= 0.6 is 46.4 Å². The SMILES string of the molecule is CC[C@@H](C(=O)NC(C)(C)C)N(Cc1ccc(Cl)c(Cl)c1)C(=O)CN(c1cc(Cl)ccc1Cl)S(=O)(=O)c1ccc(C)cc1. The van der Waals surface area contributed by atoms with Gasteiger partial charge in [-0.25, -0.2) is 8.42 Å². The maximum Gasteiger partial charge on any atom is 0.264 e. The van der Waals surface area contributed by atoms with Crippen LogP contribution in [-0.2, 0) is 26.2 Å². The number of sulfonamides is 1. The number of nitrogens with zero attached hydrogens (tertiary/aromatic N) is 2. The monoisotopic (exact) mass is 671 g/mol. The van der Waals surface area contributed by atoms with Gasteiger partial charge in [0.1, 0.15) is 12.6 Å². The fourth-order valence-electron chi connectivity index (χ4n) is 4.23. The average Bonchev–Trinajstić information content (AvgIpc) is 2.89. The highest BCUT2D eigenvalue weighted by atomic mass is 35.5. The number of anilines is 1. The van der Waals surface area contributed by atoms with Crippen molar-refractivity contribution in [3.8, 4) is 0 Å². The molecule has 7 nitrogen and oxygen atoms in total. The average molecular weight is 673 g/mol. The van der Waals surface area contributed by atoms with E-state index in [4.69, 9.17) is 46.4 Å². The van der Waals surface area contributed by atoms with E-state index in [1.54, 1.807) is 37.3 Å². The van der Waals surface area contributed by atoms with Crippen LogP contribution in [0.2, 0.25) is 20.1 Å². The molecule has 0 aliphatic rings. The van der Waals surface area contributed by atoms with Gasteiger partial charge in [0.15, 0.2) is 0 Å². The van der Waals surface area contributed by atoms with Crippen molar-refractivity contribution in [3.05, 3.63) is 91.9 Å². The van der Waals surface area contributed by atoms with Crippen molar-refractivity contribution in [2.45, 2.75) is 64.1 Å². The minimum absolute atomic E-state index is 0.0276. The molecule has 0 aliphatic carbocycles. The zero-order valence-electron chi connectivity index (χ0n) is 23.9. The van der Waals surface area contributed by atoms with Gasteiger partial charge in [0.2, 0.25) is 11.8 Å². The van der Waals surface area contributed by atoms with E-state index in [2.05, 4.69) is 5.32 Å². The van der Waals surface area contributed by atoms with Crippen LogP contribution in [0.1, 0.15) is 45.2 Å². The summed E-state index contributed by atoms with van der Waals surface area (Å²) in [5.41, 5.74) is 0.923. The van der Waals surface area contributed by atoms with Crippen LogP contribution in [0.4, 0.5) is 5.69 Å². The molecule has 1 atom stereocenters. The third-order valence-corrected chi connectivity index (χ3v) is 9.35. The Morgan fingerprint density at radius 1 is 0.881 bits per heavy atom. The topological polar surface area (TPSA) is 86.8 Å². The van der Waals surface area contributed by atoms with Gasteiger partial charge >= 0.3 is 0 Å². The van der Waals surface area contributed by atoms with Crippen LogP contribution in [0.3, 0.4) is 0 Å². The Morgan fingerprint density at radius 2 is 1.50 bits per heavy atom. The highest BCUT2D eigenvalue weighted by Gasteiger charge is 2.35. The van der Waals surface area contributed by atoms with Crippen LogP contribution in [-0.4, -0.2) is 43.3 Å². The maximum atomic E-state index is 14.2. The fourth-order valence-corrected chi connectivity index (χ4v) is 6.42. The van der Waals surface area contributed by atoms with Gasteiger partial charge < -0.3 is 10.2 Å². The fraction of sp³-hybridized carbons (Fsp3) is 0.333. The van der Waals surface area contributed by atoms with Crippen molar-refractivity contribution in [1.82, 2.24) is 10.2 Å². The highest BCUT2D eigenvalue weighted by Crippen LogP contribution is 2.33. The van der Waals surface area contributed by atoms with Gasteiger partial charge in [-0.2, -0.15) is 0 Å². The van der Waals surface area contributed by atoms with Crippen LogP contribution < -0.4 is 9.62 Å². The molecule has 12 heteroatoms. The minimum Gasteiger partial charge on any atom is -0.350 e. The molecule has 42 heavy (non-hydrogen) atoms. The third kappa shape index (κ3) is 8.54. The molecule has 3 aromatic rings. The van der Waals surface area contributed by atoms with Crippen molar-refractivity contribution in [2.24, 2.45) is 0 Å². The lowest BCUT2D eigenvalue weighted by atomic mass is 10.1. The van der Waals surface area contributed by atoms with Crippen molar-refractivity contribution >= 4 is 73.9 Å². The number of benzene rings is 3. The van der Waals surface area contributed by atoms with E-state index in [-0.39, 0.29) is 44.5 Å². The second-order valence-electron chi connectivity index (χ2n) is 10.9. The van der Waals surface area contributed by atoms with Crippen LogP contribution in [0.25, 0.3) is 0 Å². The zero-order chi connectivity index (χ0) is 31.4. The number of rotatable bonds is 10. The molecule has 0 heterocycles. The van der Waals surface area contributed by atoms with E-state index in [1.165, 1.54) is 35.2 Å². The number of aryl methyl sites for hydroxylation is 1. The Morgan fingerprint density at radius 3 is 2.07 bits per heavy atom. The molecular formula is C30H33Cl4N3O4S. The summed E-state index contributed by atoms with van der Waals surface area (Å²) in [6, 6.07) is 14.6. The molecule has 0 bridgehead atoms. The summed E-state index contributed by atoms with van der Waals surface area (Å²) in [6.45, 7) is 8.42. The zero-order valence-corrected chi connectivity index (χ0v) is 27.8. The Labute approximate surface area is 267 Å². The van der Waals surface area contributed by atoms with E-state index in [0.717, 1.165) is 9.87 Å². The molecule has 0 radical (unpaired) electrons. The lowest BCUT2D eigenvalue weighted by Crippen LogP contribution is -2.55. The van der Waals surface area contributed by atoms with Gasteiger partial charge in [-0.3, -0.25) is 13.9 Å². The molecule has 0 fully saturated rings. The van der Waals surface area contributed by atoms with Gasteiger partial charge in [-0.15, -0.1) is 0 Å². The largest absolute Gasteiger partial charge is 0.350 e. The molecular weight excluding hydrogens is 640 g/mol. The van der Waals surface area contributed by atoms with Gasteiger partial charge in [-0.1, -0.05) is 77.1 Å². The van der Waals surface area contributed by atoms with E-state index < -0.39 is 34.1 Å². The predicted octanol–water partition coefficient (Wildman–Crippen LogP) is 7.53. The second kappa shape index (κ2) is 13.9. The summed E-state index contributed by atoms with van der Waals surface area (Å²) in [4.78, 5) is 28.9. The maximum absolute atomic E-state index is 14.2. The molecule has 0 unspecified atom stereocenters. The van der Waals surface area contributed by atoms with Crippen LogP contribution in [0.15, 0.2) is 65.6 Å². The first-order valence-electron chi connectivity index (χ1n) is 13.1. The summed E-state index contributed by atoms with van der Waals surface area (Å²) >= 11 is 25.1. The smallest absolute Gasteiger partial charge is 0.264 e. The van der Waals surface area contributed by atoms with E-state index in [9.17, 15) is 18.0 Å². The number of carbonyl (C=O) groups excluding carboxylic acids is 2. The standard InChI is InChI=1S/C30H33Cl4N3O4S/c1-6-26(29(39)35-30(3,4)5)36(17-20-9-13-23(32)25(34)15-20)28(38)18-37(27-16-21(31)10-14-24(27)33)42(40,41)22-11-7-19(2)8-12-22/h7-16,26H,6,17-18H2,1-5H3,(H,35,39)/t26-/m0/s1. The summed E-state index contributed by atoms with van der Waals surface area (Å²) in [6.07, 6.45) is 0.262. The van der Waals surface area contributed by atoms with Crippen molar-refractivity contribution in [2.75, 3.05) is 10.8 Å². The predicted molar refractivity (Wildman–Crippen MR) is 171 cm³/mol. The summed E-state index contributed by atoms with van der Waals surface area (Å²) < 4.78 is 28.9. The lowest BCUT2D eigenvalue weighted by Gasteiger charge is -2.35. The second-order valence-corrected chi connectivity index (χ2v) is 14.4. The molecule has 0 saturated carbocycles. The first kappa shape index (κ1) is 34.0. The quantitative estimate of drug-likeness (QED) is 0.241. The number of halogens is 4. The molecule has 0 spiro atoms. The van der Waals surface area contributed by atoms with Crippen LogP contribution in [0, 0.1) is 6.92 Å². The molecule has 1 N–H and O–H groups in total. The molecule has 0 saturated heterocycles. The Hall–Kier alpha value is -2.49. The number of hydrogen-bond acceptors (Lipinski definition) is 4. The van der Waals surface area contributed by atoms with Crippen molar-refractivity contribution < 1.29 is 18.0 Å². The van der Waals surface area contributed by atoms with Gasteiger partial charge in [0.25, 0.3) is 10.0 Å². The van der Waals surface area contributed by atoms with Crippen molar-refractivity contribution in [3.63, 3.8) is 0 Å². The lowest BCUT2D eigenvalue weighted by molar-refractivity contribution is -0.141. The first-order chi connectivity index (χ1) is 19.5. The number of hydrogen-bond donors (Lipinski definition) is 1. The van der Waals surface area contributed by atoms with Gasteiger partial charge in [-0.05, 0) is 82.1 Å². The van der Waals surface area contributed by atoms with E-state index >= 15 is 0 Å². The molecule has 226 valence electrons. The number of nitrogens with one attached hydrogen (secondary N) is 1. The molecule has 2 amide bonds. The number of amides is 2. The summed E-state index contributed by atoms with van der Waals surface area (Å²) in [5.74, 6) is -1.02. The van der Waals surface area contributed by atoms with E-state index in [1.807, 2.05) is 27.7 Å². The minimum atomic E-state index is -4.30. The van der Waals surface area contributed by atoms with E-state index in [0.29, 0.717) is 10.6 Å². The Balaban J connectivity index is 2.13. The number of carbonyl (C=O) groups is 2. The van der Waals surface area contributed by atoms with Crippen molar-refractivity contribution in [1.29, 1.82) is 0 Å². The third-order valence-electron chi connectivity index (χ3n) is 6.29.